The number of carbonyl (C=O) groups is 1. The fourth-order valence-corrected chi connectivity index (χ4v) is 1.86. The van der Waals surface area contributed by atoms with Crippen LogP contribution in [0.2, 0.25) is 0 Å². The van der Waals surface area contributed by atoms with Gasteiger partial charge in [0.2, 0.25) is 0 Å². The molecule has 0 saturated heterocycles. The molecule has 0 spiro atoms. The molecule has 3 rings (SSSR count). The Morgan fingerprint density at radius 2 is 1.74 bits per heavy atom. The maximum Gasteiger partial charge on any atom is 0.335 e. The number of aromatic carboxylic acids is 1. The van der Waals surface area contributed by atoms with Crippen LogP contribution in [-0.4, -0.2) is 21.0 Å². The number of aromatic amines is 1. The molecule has 96 valence electrons. The number of hydrogen-bond donors (Lipinski definition) is 2. The van der Waals surface area contributed by atoms with Gasteiger partial charge in [-0.05, 0) is 24.3 Å². The molecule has 19 heavy (non-hydrogen) atoms. The van der Waals surface area contributed by atoms with Gasteiger partial charge in [0.25, 0.3) is 0 Å². The lowest BCUT2D eigenvalue weighted by Gasteiger charge is -1.97. The number of carboxylic acids is 1. The molecule has 0 unspecified atom stereocenters. The number of H-pyrrole nitrogens is 1. The quantitative estimate of drug-likeness (QED) is 0.753. The second-order valence-corrected chi connectivity index (χ2v) is 3.99. The van der Waals surface area contributed by atoms with Crippen molar-refractivity contribution < 1.29 is 9.90 Å². The monoisotopic (exact) mass is 274 g/mol. The Hall–Kier alpha value is -2.33. The lowest BCUT2D eigenvalue weighted by Crippen LogP contribution is -1.95. The summed E-state index contributed by atoms with van der Waals surface area (Å²) in [6, 6.07) is 14.4. The summed E-state index contributed by atoms with van der Waals surface area (Å²) < 4.78 is 0. The third kappa shape index (κ3) is 2.44. The molecule has 0 aliphatic heterocycles. The summed E-state index contributed by atoms with van der Waals surface area (Å²) in [4.78, 5) is 18.4. The molecule has 5 heteroatoms. The van der Waals surface area contributed by atoms with Crippen LogP contribution in [0.15, 0.2) is 48.5 Å². The number of carboxylic acid groups (broad SMARTS) is 1. The maximum atomic E-state index is 10.8. The van der Waals surface area contributed by atoms with Crippen molar-refractivity contribution in [2.24, 2.45) is 0 Å². The van der Waals surface area contributed by atoms with Crippen LogP contribution in [0, 0.1) is 0 Å². The van der Waals surface area contributed by atoms with Gasteiger partial charge in [-0.2, -0.15) is 0 Å². The zero-order valence-electron chi connectivity index (χ0n) is 9.83. The number of nitrogens with one attached hydrogen (secondary N) is 1. The predicted octanol–water partition coefficient (Wildman–Crippen LogP) is 3.35. The van der Waals surface area contributed by atoms with Crippen LogP contribution in [0.1, 0.15) is 10.4 Å². The summed E-state index contributed by atoms with van der Waals surface area (Å²) >= 11 is 0. The molecule has 3 aromatic rings. The average molecular weight is 275 g/mol. The smallest absolute Gasteiger partial charge is 0.335 e. The number of imidazole rings is 1. The second-order valence-electron chi connectivity index (χ2n) is 3.99. The first-order valence-corrected chi connectivity index (χ1v) is 5.52. The highest BCUT2D eigenvalue weighted by Gasteiger charge is 2.06. The number of rotatable bonds is 2. The van der Waals surface area contributed by atoms with Gasteiger partial charge in [0.05, 0.1) is 16.6 Å². The largest absolute Gasteiger partial charge is 0.478 e. The van der Waals surface area contributed by atoms with Gasteiger partial charge in [0, 0.05) is 5.56 Å². The van der Waals surface area contributed by atoms with Crippen molar-refractivity contribution in [3.05, 3.63) is 54.1 Å². The van der Waals surface area contributed by atoms with Crippen LogP contribution >= 0.6 is 12.4 Å². The number of halogens is 1. The topological polar surface area (TPSA) is 66.0 Å². The van der Waals surface area contributed by atoms with Crippen LogP contribution in [0.5, 0.6) is 0 Å². The minimum absolute atomic E-state index is 0. The van der Waals surface area contributed by atoms with Crippen molar-refractivity contribution >= 4 is 29.4 Å². The van der Waals surface area contributed by atoms with E-state index in [1.54, 1.807) is 24.3 Å². The van der Waals surface area contributed by atoms with E-state index in [2.05, 4.69) is 9.97 Å². The van der Waals surface area contributed by atoms with Gasteiger partial charge in [0.15, 0.2) is 0 Å². The minimum atomic E-state index is -0.925. The Bertz CT molecular complexity index is 687. The summed E-state index contributed by atoms with van der Waals surface area (Å²) in [5.74, 6) is -0.181. The van der Waals surface area contributed by atoms with E-state index in [1.807, 2.05) is 24.3 Å². The van der Waals surface area contributed by atoms with Crippen molar-refractivity contribution in [2.75, 3.05) is 0 Å². The number of hydrogen-bond acceptors (Lipinski definition) is 2. The number of fused-ring (bicyclic) bond motifs is 1. The van der Waals surface area contributed by atoms with Crippen molar-refractivity contribution in [3.63, 3.8) is 0 Å². The Labute approximate surface area is 115 Å². The Morgan fingerprint density at radius 3 is 2.37 bits per heavy atom. The summed E-state index contributed by atoms with van der Waals surface area (Å²) in [5, 5.41) is 8.84. The molecule has 0 radical (unpaired) electrons. The van der Waals surface area contributed by atoms with Gasteiger partial charge in [-0.1, -0.05) is 24.3 Å². The SMILES string of the molecule is Cl.O=C(O)c1ccc(-c2nc3ccccc3[nH]2)cc1. The first-order chi connectivity index (χ1) is 8.74. The number of benzene rings is 2. The van der Waals surface area contributed by atoms with Crippen LogP contribution in [0.3, 0.4) is 0 Å². The van der Waals surface area contributed by atoms with Crippen molar-refractivity contribution in [1.82, 2.24) is 9.97 Å². The number of aromatic nitrogens is 2. The first-order valence-electron chi connectivity index (χ1n) is 5.52. The van der Waals surface area contributed by atoms with E-state index in [4.69, 9.17) is 5.11 Å². The zero-order valence-corrected chi connectivity index (χ0v) is 10.6. The number of para-hydroxylation sites is 2. The standard InChI is InChI=1S/C14H10N2O2.ClH/c17-14(18)10-7-5-9(6-8-10)13-15-11-3-1-2-4-12(11)16-13;/h1-8H,(H,15,16)(H,17,18);1H. The molecule has 0 bridgehead atoms. The van der Waals surface area contributed by atoms with E-state index >= 15 is 0 Å². The van der Waals surface area contributed by atoms with Crippen LogP contribution in [0.4, 0.5) is 0 Å². The van der Waals surface area contributed by atoms with Gasteiger partial charge in [0.1, 0.15) is 5.82 Å². The molecular weight excluding hydrogens is 264 g/mol. The van der Waals surface area contributed by atoms with E-state index in [0.29, 0.717) is 0 Å². The second kappa shape index (κ2) is 5.12. The lowest BCUT2D eigenvalue weighted by molar-refractivity contribution is 0.0697. The molecule has 0 saturated carbocycles. The highest BCUT2D eigenvalue weighted by Crippen LogP contribution is 2.20. The third-order valence-corrected chi connectivity index (χ3v) is 2.79. The molecule has 0 fully saturated rings. The minimum Gasteiger partial charge on any atom is -0.478 e. The van der Waals surface area contributed by atoms with Gasteiger partial charge in [-0.15, -0.1) is 12.4 Å². The van der Waals surface area contributed by atoms with E-state index in [-0.39, 0.29) is 18.0 Å². The molecule has 4 nitrogen and oxygen atoms in total. The molecule has 2 aromatic carbocycles. The summed E-state index contributed by atoms with van der Waals surface area (Å²) in [6.07, 6.45) is 0. The van der Waals surface area contributed by atoms with Crippen LogP contribution in [0.25, 0.3) is 22.4 Å². The average Bonchev–Trinajstić information content (AvgIpc) is 2.82. The van der Waals surface area contributed by atoms with Gasteiger partial charge >= 0.3 is 5.97 Å². The fraction of sp³-hybridized carbons (Fsp3) is 0. The summed E-state index contributed by atoms with van der Waals surface area (Å²) in [5.41, 5.74) is 3.01. The highest BCUT2D eigenvalue weighted by atomic mass is 35.5. The Morgan fingerprint density at radius 1 is 1.05 bits per heavy atom. The Kier molecular flexibility index (Phi) is 3.53. The number of nitrogens with zero attached hydrogens (tertiary/aromatic N) is 1. The van der Waals surface area contributed by atoms with Crippen molar-refractivity contribution in [1.29, 1.82) is 0 Å². The zero-order chi connectivity index (χ0) is 12.5. The van der Waals surface area contributed by atoms with E-state index < -0.39 is 5.97 Å². The molecule has 0 aliphatic rings. The molecule has 1 heterocycles. The van der Waals surface area contributed by atoms with Crippen LogP contribution in [-0.2, 0) is 0 Å². The van der Waals surface area contributed by atoms with E-state index in [1.165, 1.54) is 0 Å². The summed E-state index contributed by atoms with van der Waals surface area (Å²) in [6.45, 7) is 0. The molecule has 0 aliphatic carbocycles. The van der Waals surface area contributed by atoms with Crippen LogP contribution < -0.4 is 0 Å². The normalized spacial score (nSPS) is 10.1. The molecule has 0 amide bonds. The van der Waals surface area contributed by atoms with E-state index in [0.717, 1.165) is 22.4 Å². The van der Waals surface area contributed by atoms with Gasteiger partial charge < -0.3 is 10.1 Å². The predicted molar refractivity (Wildman–Crippen MR) is 75.7 cm³/mol. The third-order valence-electron chi connectivity index (χ3n) is 2.79. The summed E-state index contributed by atoms with van der Waals surface area (Å²) in [7, 11) is 0. The highest BCUT2D eigenvalue weighted by molar-refractivity contribution is 5.88. The van der Waals surface area contributed by atoms with Crippen molar-refractivity contribution in [3.8, 4) is 11.4 Å². The Balaban J connectivity index is 0.00000133. The van der Waals surface area contributed by atoms with Crippen molar-refractivity contribution in [2.45, 2.75) is 0 Å². The molecular formula is C14H11ClN2O2. The van der Waals surface area contributed by atoms with Gasteiger partial charge in [-0.25, -0.2) is 9.78 Å². The lowest BCUT2D eigenvalue weighted by atomic mass is 10.1. The molecule has 2 N–H and O–H groups in total. The van der Waals surface area contributed by atoms with Gasteiger partial charge in [-0.3, -0.25) is 0 Å². The molecule has 1 aromatic heterocycles. The first kappa shape index (κ1) is 13.1. The van der Waals surface area contributed by atoms with E-state index in [9.17, 15) is 4.79 Å². The fourth-order valence-electron chi connectivity index (χ4n) is 1.86. The molecule has 0 atom stereocenters. The maximum absolute atomic E-state index is 10.8.